The van der Waals surface area contributed by atoms with Gasteiger partial charge in [0.1, 0.15) is 27.4 Å². The fourth-order valence-electron chi connectivity index (χ4n) is 6.33. The molecule has 1 aliphatic carbocycles. The number of pyridine rings is 1. The van der Waals surface area contributed by atoms with Crippen LogP contribution in [0, 0.1) is 29.2 Å². The van der Waals surface area contributed by atoms with Gasteiger partial charge in [-0.1, -0.05) is 37.1 Å². The number of alkyl carbamates (subject to hydrolysis) is 1. The Morgan fingerprint density at radius 3 is 2.31 bits per heavy atom. The molecule has 2 amide bonds. The first-order valence-corrected chi connectivity index (χ1v) is 20.0. The third-order valence-electron chi connectivity index (χ3n) is 9.55. The lowest BCUT2D eigenvalue weighted by atomic mass is 9.80. The van der Waals surface area contributed by atoms with Crippen LogP contribution in [0.1, 0.15) is 94.4 Å². The zero-order valence-corrected chi connectivity index (χ0v) is 33.9. The number of halogens is 4. The Labute approximate surface area is 338 Å². The maximum absolute atomic E-state index is 15.8. The van der Waals surface area contributed by atoms with Crippen LogP contribution in [0.15, 0.2) is 85.2 Å². The number of amides is 2. The first kappa shape index (κ1) is 42.4. The van der Waals surface area contributed by atoms with Gasteiger partial charge < -0.3 is 19.9 Å². The second kappa shape index (κ2) is 16.9. The van der Waals surface area contributed by atoms with E-state index in [4.69, 9.17) is 4.74 Å². The molecule has 1 aliphatic rings. The molecule has 3 N–H and O–H groups in total. The van der Waals surface area contributed by atoms with Crippen LogP contribution in [-0.4, -0.2) is 41.7 Å². The molecule has 0 aliphatic heterocycles. The minimum atomic E-state index is -1.72. The molecule has 0 saturated heterocycles. The normalized spacial score (nSPS) is 14.7. The molecule has 0 spiro atoms. The summed E-state index contributed by atoms with van der Waals surface area (Å²) in [5.74, 6) is -5.79. The molecule has 10 nitrogen and oxygen atoms in total. The zero-order valence-electron chi connectivity index (χ0n) is 33.1. The van der Waals surface area contributed by atoms with Crippen molar-refractivity contribution in [1.82, 2.24) is 24.8 Å². The van der Waals surface area contributed by atoms with Gasteiger partial charge in [0.25, 0.3) is 5.91 Å². The Morgan fingerprint density at radius 1 is 0.897 bits per heavy atom. The first-order valence-electron chi connectivity index (χ1n) is 18.9. The van der Waals surface area contributed by atoms with Gasteiger partial charge in [-0.05, 0) is 126 Å². The minimum absolute atomic E-state index is 0.0294. The van der Waals surface area contributed by atoms with E-state index in [1.54, 1.807) is 69.6 Å². The quantitative estimate of drug-likeness (QED) is 0.0613. The lowest BCUT2D eigenvalue weighted by molar-refractivity contribution is 0.0523. The molecule has 1 saturated carbocycles. The Kier molecular flexibility index (Phi) is 12.4. The van der Waals surface area contributed by atoms with E-state index in [0.29, 0.717) is 29.0 Å². The third-order valence-corrected chi connectivity index (χ3v) is 11.2. The van der Waals surface area contributed by atoms with Crippen LogP contribution < -0.4 is 15.4 Å². The summed E-state index contributed by atoms with van der Waals surface area (Å²) >= 11 is -1.59. The number of hydrogen-bond acceptors (Lipinski definition) is 7. The standard InChI is InChI=1S/C43H46F4N6O4S/c1-41(2,3)57-40(55)49-24-27-9-7-11-30(21-27)53-36(23-34(51-53)31-15-17-33(45)38(47)37(31)46)39(54)50-35-22-28(14-16-32(35)44)43(19-18-26-12-13-26,29-10-8-20-48-25-29)52-58(56)42(4,5)6/h7-11,14-17,20-23,25-26,52H,12-13,18-19,24H2,1-6H3,(H,49,55)(H,50,54)/t43?,58-/m1/s1. The molecule has 306 valence electrons. The Morgan fingerprint density at radius 2 is 1.64 bits per heavy atom. The molecule has 1 fully saturated rings. The highest BCUT2D eigenvalue weighted by atomic mass is 32.2. The molecule has 2 atom stereocenters. The van der Waals surface area contributed by atoms with Crippen molar-refractivity contribution in [3.8, 4) is 16.9 Å². The zero-order chi connectivity index (χ0) is 42.0. The molecule has 6 rings (SSSR count). The summed E-state index contributed by atoms with van der Waals surface area (Å²) in [5.41, 5.74) is -0.802. The molecule has 2 heterocycles. The summed E-state index contributed by atoms with van der Waals surface area (Å²) in [5, 5.41) is 9.72. The van der Waals surface area contributed by atoms with E-state index in [1.807, 2.05) is 26.8 Å². The predicted octanol–water partition coefficient (Wildman–Crippen LogP) is 9.25. The van der Waals surface area contributed by atoms with Crippen LogP contribution >= 0.6 is 0 Å². The van der Waals surface area contributed by atoms with Crippen LogP contribution in [-0.2, 0) is 28.2 Å². The molecule has 58 heavy (non-hydrogen) atoms. The van der Waals surface area contributed by atoms with Crippen molar-refractivity contribution in [1.29, 1.82) is 0 Å². The molecule has 0 bridgehead atoms. The SMILES string of the molecule is CC(C)(C)OC(=O)NCc1cccc(-n2nc(-c3ccc(F)c(F)c3F)cc2C(=O)Nc2cc(C(CCC3CC3)(N[S@+]([O-])C(C)(C)C)c3cccnc3)ccc2F)c1. The molecule has 0 radical (unpaired) electrons. The van der Waals surface area contributed by atoms with Gasteiger partial charge in [-0.3, -0.25) is 9.78 Å². The molecule has 1 unspecified atom stereocenters. The number of rotatable bonds is 13. The average molecular weight is 819 g/mol. The van der Waals surface area contributed by atoms with E-state index in [-0.39, 0.29) is 29.3 Å². The van der Waals surface area contributed by atoms with E-state index in [2.05, 4.69) is 25.4 Å². The van der Waals surface area contributed by atoms with Gasteiger partial charge in [0.2, 0.25) is 0 Å². The van der Waals surface area contributed by atoms with E-state index in [9.17, 15) is 22.9 Å². The Hall–Kier alpha value is -5.25. The highest BCUT2D eigenvalue weighted by Gasteiger charge is 2.44. The van der Waals surface area contributed by atoms with Crippen molar-refractivity contribution in [2.75, 3.05) is 5.32 Å². The monoisotopic (exact) mass is 818 g/mol. The average Bonchev–Trinajstić information content (AvgIpc) is 3.90. The van der Waals surface area contributed by atoms with Gasteiger partial charge in [-0.15, -0.1) is 4.72 Å². The van der Waals surface area contributed by atoms with E-state index >= 15 is 8.78 Å². The fourth-order valence-corrected chi connectivity index (χ4v) is 7.29. The predicted molar refractivity (Wildman–Crippen MR) is 214 cm³/mol. The first-order chi connectivity index (χ1) is 27.3. The van der Waals surface area contributed by atoms with E-state index in [0.717, 1.165) is 36.1 Å². The second-order valence-corrected chi connectivity index (χ2v) is 18.3. The van der Waals surface area contributed by atoms with Crippen molar-refractivity contribution >= 4 is 29.0 Å². The van der Waals surface area contributed by atoms with Crippen molar-refractivity contribution in [3.63, 3.8) is 0 Å². The van der Waals surface area contributed by atoms with E-state index in [1.165, 1.54) is 18.2 Å². The topological polar surface area (TPSA) is 133 Å². The number of hydrogen-bond donors (Lipinski definition) is 3. The minimum Gasteiger partial charge on any atom is -0.598 e. The van der Waals surface area contributed by atoms with Crippen molar-refractivity contribution in [2.45, 2.75) is 89.7 Å². The molecule has 3 aromatic carbocycles. The summed E-state index contributed by atoms with van der Waals surface area (Å²) in [4.78, 5) is 31.0. The third kappa shape index (κ3) is 9.88. The van der Waals surface area contributed by atoms with Crippen LogP contribution in [0.4, 0.5) is 28.0 Å². The van der Waals surface area contributed by atoms with Crippen LogP contribution in [0.5, 0.6) is 0 Å². The molecule has 2 aromatic heterocycles. The number of benzene rings is 3. The summed E-state index contributed by atoms with van der Waals surface area (Å²) in [7, 11) is 0. The number of nitrogens with one attached hydrogen (secondary N) is 3. The number of ether oxygens (including phenoxy) is 1. The number of carbonyl (C=O) groups excluding carboxylic acids is 2. The highest BCUT2D eigenvalue weighted by molar-refractivity contribution is 7.90. The number of carbonyl (C=O) groups is 2. The Bertz CT molecular complexity index is 2290. The number of aromatic nitrogens is 3. The lowest BCUT2D eigenvalue weighted by Gasteiger charge is -2.38. The van der Waals surface area contributed by atoms with Crippen molar-refractivity contribution in [3.05, 3.63) is 131 Å². The van der Waals surface area contributed by atoms with Gasteiger partial charge in [0.05, 0.1) is 17.1 Å². The van der Waals surface area contributed by atoms with Crippen molar-refractivity contribution in [2.24, 2.45) is 5.92 Å². The summed E-state index contributed by atoms with van der Waals surface area (Å²) in [6, 6.07) is 17.4. The summed E-state index contributed by atoms with van der Waals surface area (Å²) in [6.45, 7) is 10.7. The van der Waals surface area contributed by atoms with Gasteiger partial charge in [0, 0.05) is 35.9 Å². The molecular weight excluding hydrogens is 773 g/mol. The van der Waals surface area contributed by atoms with E-state index < -0.39 is 68.1 Å². The van der Waals surface area contributed by atoms with Gasteiger partial charge >= 0.3 is 6.09 Å². The van der Waals surface area contributed by atoms with Gasteiger partial charge in [-0.25, -0.2) is 27.0 Å². The Balaban J connectivity index is 1.41. The summed E-state index contributed by atoms with van der Waals surface area (Å²) in [6.07, 6.45) is 6.08. The molecular formula is C43H46F4N6O4S. The van der Waals surface area contributed by atoms with Crippen LogP contribution in [0.2, 0.25) is 0 Å². The van der Waals surface area contributed by atoms with Crippen LogP contribution in [0.3, 0.4) is 0 Å². The molecule has 5 aromatic rings. The smallest absolute Gasteiger partial charge is 0.407 e. The van der Waals surface area contributed by atoms with Gasteiger partial charge in [-0.2, -0.15) is 5.10 Å². The fraction of sp³-hybridized carbons (Fsp3) is 0.349. The van der Waals surface area contributed by atoms with Gasteiger partial charge in [0.15, 0.2) is 17.5 Å². The summed E-state index contributed by atoms with van der Waals surface area (Å²) < 4.78 is 82.4. The maximum atomic E-state index is 15.8. The maximum Gasteiger partial charge on any atom is 0.407 e. The number of anilines is 1. The second-order valence-electron chi connectivity index (χ2n) is 16.3. The highest BCUT2D eigenvalue weighted by Crippen LogP contribution is 2.43. The lowest BCUT2D eigenvalue weighted by Crippen LogP contribution is -2.52. The molecule has 15 heteroatoms. The largest absolute Gasteiger partial charge is 0.598 e. The van der Waals surface area contributed by atoms with Crippen molar-refractivity contribution < 1.29 is 36.4 Å². The van der Waals surface area contributed by atoms with Crippen LogP contribution in [0.25, 0.3) is 16.9 Å². The number of nitrogens with zero attached hydrogens (tertiary/aromatic N) is 3.